The molecule has 0 unspecified atom stereocenters. The van der Waals surface area contributed by atoms with Crippen LogP contribution >= 0.6 is 0 Å². The van der Waals surface area contributed by atoms with Gasteiger partial charge in [-0.2, -0.15) is 10.1 Å². The fourth-order valence-electron chi connectivity index (χ4n) is 1.69. The maximum atomic E-state index is 5.86. The minimum absolute atomic E-state index is 0.452. The van der Waals surface area contributed by atoms with Crippen LogP contribution in [0.2, 0.25) is 0 Å². The van der Waals surface area contributed by atoms with Gasteiger partial charge < -0.3 is 15.2 Å². The van der Waals surface area contributed by atoms with E-state index in [1.54, 1.807) is 54.4 Å². The number of methoxy groups -OCH3 is 1. The largest absolute Gasteiger partial charge is 0.497 e. The van der Waals surface area contributed by atoms with Crippen LogP contribution in [0.1, 0.15) is 0 Å². The molecule has 0 saturated heterocycles. The summed E-state index contributed by atoms with van der Waals surface area (Å²) in [7, 11) is 1.59. The predicted molar refractivity (Wildman–Crippen MR) is 70.5 cm³/mol. The van der Waals surface area contributed by atoms with Crippen LogP contribution in [0.25, 0.3) is 5.65 Å². The van der Waals surface area contributed by atoms with Crippen molar-refractivity contribution in [3.63, 3.8) is 0 Å². The molecule has 19 heavy (non-hydrogen) atoms. The Hall–Kier alpha value is -2.76. The number of aromatic nitrogens is 3. The molecule has 6 heteroatoms. The average molecular weight is 256 g/mol. The number of anilines is 1. The summed E-state index contributed by atoms with van der Waals surface area (Å²) in [6.45, 7) is 0. The van der Waals surface area contributed by atoms with Gasteiger partial charge in [0.15, 0.2) is 11.4 Å². The standard InChI is InChI=1S/C13H12N4O2/c1-18-9-2-3-10(14)11(8-9)19-13-5-7-17-12(16-13)4-6-15-17/h2-8H,14H2,1H3. The van der Waals surface area contributed by atoms with Crippen LogP contribution in [-0.2, 0) is 0 Å². The summed E-state index contributed by atoms with van der Waals surface area (Å²) in [6, 6.07) is 8.74. The van der Waals surface area contributed by atoms with Crippen LogP contribution in [0.4, 0.5) is 5.69 Å². The molecular weight excluding hydrogens is 244 g/mol. The van der Waals surface area contributed by atoms with E-state index in [0.717, 1.165) is 0 Å². The van der Waals surface area contributed by atoms with Crippen LogP contribution in [0.15, 0.2) is 42.7 Å². The van der Waals surface area contributed by atoms with Crippen molar-refractivity contribution < 1.29 is 9.47 Å². The van der Waals surface area contributed by atoms with Gasteiger partial charge in [-0.3, -0.25) is 0 Å². The third-order valence-electron chi connectivity index (χ3n) is 2.67. The molecule has 6 nitrogen and oxygen atoms in total. The van der Waals surface area contributed by atoms with Crippen molar-refractivity contribution in [1.29, 1.82) is 0 Å². The molecule has 0 aliphatic heterocycles. The second kappa shape index (κ2) is 4.49. The fourth-order valence-corrected chi connectivity index (χ4v) is 1.69. The van der Waals surface area contributed by atoms with Crippen LogP contribution in [0, 0.1) is 0 Å². The van der Waals surface area contributed by atoms with Crippen molar-refractivity contribution in [2.45, 2.75) is 0 Å². The molecule has 0 atom stereocenters. The Morgan fingerprint density at radius 1 is 1.21 bits per heavy atom. The number of nitrogens with two attached hydrogens (primary N) is 1. The van der Waals surface area contributed by atoms with Crippen LogP contribution in [0.3, 0.4) is 0 Å². The lowest BCUT2D eigenvalue weighted by Gasteiger charge is -2.09. The molecule has 96 valence electrons. The van der Waals surface area contributed by atoms with Crippen molar-refractivity contribution in [2.75, 3.05) is 12.8 Å². The Bertz CT molecular complexity index is 723. The van der Waals surface area contributed by atoms with Gasteiger partial charge in [-0.1, -0.05) is 0 Å². The van der Waals surface area contributed by atoms with Crippen molar-refractivity contribution in [3.05, 3.63) is 42.7 Å². The van der Waals surface area contributed by atoms with E-state index in [4.69, 9.17) is 15.2 Å². The van der Waals surface area contributed by atoms with E-state index in [1.165, 1.54) is 0 Å². The zero-order valence-electron chi connectivity index (χ0n) is 10.3. The summed E-state index contributed by atoms with van der Waals surface area (Å²) in [4.78, 5) is 4.31. The summed E-state index contributed by atoms with van der Waals surface area (Å²) in [5, 5.41) is 4.07. The molecule has 0 amide bonds. The van der Waals surface area contributed by atoms with E-state index in [2.05, 4.69) is 10.1 Å². The van der Waals surface area contributed by atoms with Crippen LogP contribution in [0.5, 0.6) is 17.4 Å². The highest BCUT2D eigenvalue weighted by atomic mass is 16.5. The lowest BCUT2D eigenvalue weighted by molar-refractivity contribution is 0.408. The maximum Gasteiger partial charge on any atom is 0.222 e. The fraction of sp³-hybridized carbons (Fsp3) is 0.0769. The first-order chi connectivity index (χ1) is 9.26. The third kappa shape index (κ3) is 2.15. The quantitative estimate of drug-likeness (QED) is 0.726. The third-order valence-corrected chi connectivity index (χ3v) is 2.67. The van der Waals surface area contributed by atoms with Crippen molar-refractivity contribution in [1.82, 2.24) is 14.6 Å². The number of hydrogen-bond donors (Lipinski definition) is 1. The van der Waals surface area contributed by atoms with Crippen LogP contribution in [-0.4, -0.2) is 21.7 Å². The molecular formula is C13H12N4O2. The first-order valence-electron chi connectivity index (χ1n) is 5.68. The molecule has 2 aromatic heterocycles. The van der Waals surface area contributed by atoms with Gasteiger partial charge in [-0.25, -0.2) is 4.52 Å². The van der Waals surface area contributed by atoms with E-state index in [-0.39, 0.29) is 0 Å². The van der Waals surface area contributed by atoms with Gasteiger partial charge in [0.25, 0.3) is 0 Å². The molecule has 0 bridgehead atoms. The summed E-state index contributed by atoms with van der Waals surface area (Å²) in [5.41, 5.74) is 7.09. The molecule has 1 aromatic carbocycles. The molecule has 0 saturated carbocycles. The minimum atomic E-state index is 0.452. The predicted octanol–water partition coefficient (Wildman–Crippen LogP) is 2.11. The maximum absolute atomic E-state index is 5.86. The lowest BCUT2D eigenvalue weighted by Crippen LogP contribution is -1.96. The van der Waals surface area contributed by atoms with E-state index in [1.807, 2.05) is 0 Å². The summed E-state index contributed by atoms with van der Waals surface area (Å²) < 4.78 is 12.5. The second-order valence-electron chi connectivity index (χ2n) is 3.91. The number of benzene rings is 1. The molecule has 0 aliphatic rings. The zero-order chi connectivity index (χ0) is 13.2. The monoisotopic (exact) mass is 256 g/mol. The molecule has 0 aliphatic carbocycles. The Morgan fingerprint density at radius 3 is 2.95 bits per heavy atom. The van der Waals surface area contributed by atoms with Gasteiger partial charge in [0, 0.05) is 24.4 Å². The Kier molecular flexibility index (Phi) is 2.68. The molecule has 2 heterocycles. The smallest absolute Gasteiger partial charge is 0.222 e. The van der Waals surface area contributed by atoms with E-state index < -0.39 is 0 Å². The van der Waals surface area contributed by atoms with Crippen molar-refractivity contribution in [2.24, 2.45) is 0 Å². The number of rotatable bonds is 3. The summed E-state index contributed by atoms with van der Waals surface area (Å²) in [5.74, 6) is 1.64. The van der Waals surface area contributed by atoms with Gasteiger partial charge in [-0.05, 0) is 12.1 Å². The number of fused-ring (bicyclic) bond motifs is 1. The van der Waals surface area contributed by atoms with Gasteiger partial charge >= 0.3 is 0 Å². The second-order valence-corrected chi connectivity index (χ2v) is 3.91. The van der Waals surface area contributed by atoms with Gasteiger partial charge in [-0.15, -0.1) is 0 Å². The first-order valence-corrected chi connectivity index (χ1v) is 5.68. The Morgan fingerprint density at radius 2 is 2.11 bits per heavy atom. The van der Waals surface area contributed by atoms with Gasteiger partial charge in [0.05, 0.1) is 19.0 Å². The topological polar surface area (TPSA) is 74.7 Å². The van der Waals surface area contributed by atoms with Crippen molar-refractivity contribution in [3.8, 4) is 17.4 Å². The molecule has 3 rings (SSSR count). The highest BCUT2D eigenvalue weighted by molar-refractivity contribution is 5.56. The Labute approximate surface area is 109 Å². The number of nitrogen functional groups attached to an aromatic ring is 1. The molecule has 0 spiro atoms. The SMILES string of the molecule is COc1ccc(N)c(Oc2ccn3nccc3n2)c1. The molecule has 3 aromatic rings. The summed E-state index contributed by atoms with van der Waals surface area (Å²) >= 11 is 0. The van der Waals surface area contributed by atoms with Gasteiger partial charge in [0.1, 0.15) is 5.75 Å². The minimum Gasteiger partial charge on any atom is -0.497 e. The lowest BCUT2D eigenvalue weighted by atomic mass is 10.3. The number of ether oxygens (including phenoxy) is 2. The highest BCUT2D eigenvalue weighted by Crippen LogP contribution is 2.30. The molecule has 0 fully saturated rings. The normalized spacial score (nSPS) is 10.6. The average Bonchev–Trinajstić information content (AvgIpc) is 2.89. The van der Waals surface area contributed by atoms with Crippen molar-refractivity contribution >= 4 is 11.3 Å². The van der Waals surface area contributed by atoms with E-state index in [0.29, 0.717) is 28.7 Å². The summed E-state index contributed by atoms with van der Waals surface area (Å²) in [6.07, 6.45) is 3.44. The molecule has 2 N–H and O–H groups in total. The van der Waals surface area contributed by atoms with E-state index >= 15 is 0 Å². The zero-order valence-corrected chi connectivity index (χ0v) is 10.3. The van der Waals surface area contributed by atoms with Crippen LogP contribution < -0.4 is 15.2 Å². The van der Waals surface area contributed by atoms with Gasteiger partial charge in [0.2, 0.25) is 5.88 Å². The highest BCUT2D eigenvalue weighted by Gasteiger charge is 2.06. The first kappa shape index (κ1) is 11.3. The molecule has 0 radical (unpaired) electrons. The number of nitrogens with zero attached hydrogens (tertiary/aromatic N) is 3. The number of hydrogen-bond acceptors (Lipinski definition) is 5. The Balaban J connectivity index is 1.95. The van der Waals surface area contributed by atoms with E-state index in [9.17, 15) is 0 Å².